The zero-order valence-electron chi connectivity index (χ0n) is 12.6. The zero-order valence-corrected chi connectivity index (χ0v) is 12.6. The Labute approximate surface area is 120 Å². The lowest BCUT2D eigenvalue weighted by Crippen LogP contribution is -2.53. The first-order valence-electron chi connectivity index (χ1n) is 7.30. The van der Waals surface area contributed by atoms with Crippen LogP contribution < -0.4 is 5.73 Å². The van der Waals surface area contributed by atoms with Crippen molar-refractivity contribution >= 4 is 6.09 Å². The first-order valence-corrected chi connectivity index (χ1v) is 7.30. The van der Waals surface area contributed by atoms with Crippen LogP contribution in [0.3, 0.4) is 0 Å². The van der Waals surface area contributed by atoms with Crippen LogP contribution in [-0.4, -0.2) is 61.1 Å². The predicted molar refractivity (Wildman–Crippen MR) is 74.5 cm³/mol. The number of carbonyl (C=O) groups is 1. The zero-order chi connectivity index (χ0) is 14.8. The number of hydrogen-bond acceptors (Lipinski definition) is 5. The molecular formula is C14H26N2O4. The van der Waals surface area contributed by atoms with Crippen molar-refractivity contribution in [2.24, 2.45) is 5.73 Å². The maximum atomic E-state index is 12.1. The van der Waals surface area contributed by atoms with Gasteiger partial charge in [-0.05, 0) is 33.6 Å². The molecule has 0 aliphatic carbocycles. The Morgan fingerprint density at radius 1 is 1.30 bits per heavy atom. The first-order chi connectivity index (χ1) is 9.33. The highest BCUT2D eigenvalue weighted by atomic mass is 16.6. The van der Waals surface area contributed by atoms with Gasteiger partial charge >= 0.3 is 6.09 Å². The van der Waals surface area contributed by atoms with Gasteiger partial charge in [-0.1, -0.05) is 0 Å². The van der Waals surface area contributed by atoms with Gasteiger partial charge in [0.1, 0.15) is 5.60 Å². The van der Waals surface area contributed by atoms with Crippen LogP contribution >= 0.6 is 0 Å². The molecule has 2 rings (SSSR count). The number of rotatable bonds is 2. The van der Waals surface area contributed by atoms with Gasteiger partial charge in [0.25, 0.3) is 0 Å². The second-order valence-electron chi connectivity index (χ2n) is 6.62. The second-order valence-corrected chi connectivity index (χ2v) is 6.62. The van der Waals surface area contributed by atoms with Crippen LogP contribution in [-0.2, 0) is 14.2 Å². The van der Waals surface area contributed by atoms with Crippen molar-refractivity contribution < 1.29 is 19.0 Å². The number of amides is 1. The van der Waals surface area contributed by atoms with Crippen molar-refractivity contribution in [3.8, 4) is 0 Å². The lowest BCUT2D eigenvalue weighted by Gasteiger charge is -2.37. The van der Waals surface area contributed by atoms with Crippen molar-refractivity contribution in [2.45, 2.75) is 57.5 Å². The van der Waals surface area contributed by atoms with Gasteiger partial charge in [0.05, 0.1) is 25.4 Å². The summed E-state index contributed by atoms with van der Waals surface area (Å²) in [7, 11) is 0. The molecule has 6 heteroatoms. The van der Waals surface area contributed by atoms with E-state index in [0.717, 1.165) is 19.4 Å². The largest absolute Gasteiger partial charge is 0.444 e. The quantitative estimate of drug-likeness (QED) is 0.823. The van der Waals surface area contributed by atoms with E-state index in [1.54, 1.807) is 4.90 Å². The van der Waals surface area contributed by atoms with Gasteiger partial charge in [-0.25, -0.2) is 4.79 Å². The SMILES string of the molecule is CC(C)(C)OC(=O)N1C[C@H](N)C[C@@H](O[C@H]2CCOC2)C1. The molecule has 3 atom stereocenters. The molecule has 2 heterocycles. The fourth-order valence-electron chi connectivity index (χ4n) is 2.56. The summed E-state index contributed by atoms with van der Waals surface area (Å²) in [6, 6.07) is -0.0661. The van der Waals surface area contributed by atoms with Gasteiger partial charge in [0.15, 0.2) is 0 Å². The summed E-state index contributed by atoms with van der Waals surface area (Å²) in [5, 5.41) is 0. The Hall–Kier alpha value is -0.850. The van der Waals surface area contributed by atoms with E-state index in [1.165, 1.54) is 0 Å². The standard InChI is InChI=1S/C14H26N2O4/c1-14(2,3)20-13(17)16-7-10(15)6-12(8-16)19-11-4-5-18-9-11/h10-12H,4-9,15H2,1-3H3/t10-,11+,12-/m1/s1. The van der Waals surface area contributed by atoms with E-state index in [-0.39, 0.29) is 24.3 Å². The van der Waals surface area contributed by atoms with E-state index < -0.39 is 5.60 Å². The van der Waals surface area contributed by atoms with E-state index in [1.807, 2.05) is 20.8 Å². The number of nitrogens with zero attached hydrogens (tertiary/aromatic N) is 1. The Morgan fingerprint density at radius 3 is 2.65 bits per heavy atom. The molecular weight excluding hydrogens is 260 g/mol. The van der Waals surface area contributed by atoms with Crippen LogP contribution in [0.1, 0.15) is 33.6 Å². The van der Waals surface area contributed by atoms with E-state index in [9.17, 15) is 4.79 Å². The third-order valence-electron chi connectivity index (χ3n) is 3.37. The van der Waals surface area contributed by atoms with Crippen LogP contribution in [0, 0.1) is 0 Å². The molecule has 2 saturated heterocycles. The molecule has 0 spiro atoms. The van der Waals surface area contributed by atoms with Crippen molar-refractivity contribution in [3.05, 3.63) is 0 Å². The van der Waals surface area contributed by atoms with E-state index >= 15 is 0 Å². The number of piperidine rings is 1. The Bertz CT molecular complexity index is 337. The van der Waals surface area contributed by atoms with Gasteiger partial charge < -0.3 is 24.8 Å². The van der Waals surface area contributed by atoms with Crippen molar-refractivity contribution in [1.82, 2.24) is 4.90 Å². The minimum atomic E-state index is -0.492. The molecule has 2 fully saturated rings. The van der Waals surface area contributed by atoms with Crippen LogP contribution in [0.25, 0.3) is 0 Å². The third-order valence-corrected chi connectivity index (χ3v) is 3.37. The van der Waals surface area contributed by atoms with Crippen molar-refractivity contribution in [3.63, 3.8) is 0 Å². The van der Waals surface area contributed by atoms with Gasteiger partial charge in [0, 0.05) is 19.2 Å². The van der Waals surface area contributed by atoms with Crippen molar-refractivity contribution in [1.29, 1.82) is 0 Å². The molecule has 0 radical (unpaired) electrons. The molecule has 2 N–H and O–H groups in total. The summed E-state index contributed by atoms with van der Waals surface area (Å²) in [4.78, 5) is 13.8. The summed E-state index contributed by atoms with van der Waals surface area (Å²) >= 11 is 0. The second kappa shape index (κ2) is 6.28. The Morgan fingerprint density at radius 2 is 2.05 bits per heavy atom. The minimum absolute atomic E-state index is 0.0297. The normalized spacial score (nSPS) is 31.4. The number of likely N-dealkylation sites (tertiary alicyclic amines) is 1. The fraction of sp³-hybridized carbons (Fsp3) is 0.929. The maximum absolute atomic E-state index is 12.1. The highest BCUT2D eigenvalue weighted by molar-refractivity contribution is 5.68. The predicted octanol–water partition coefficient (Wildman–Crippen LogP) is 1.13. The van der Waals surface area contributed by atoms with E-state index in [4.69, 9.17) is 19.9 Å². The smallest absolute Gasteiger partial charge is 0.410 e. The average molecular weight is 286 g/mol. The number of nitrogens with two attached hydrogens (primary N) is 1. The lowest BCUT2D eigenvalue weighted by molar-refractivity contribution is -0.0578. The molecule has 0 aromatic heterocycles. The highest BCUT2D eigenvalue weighted by Gasteiger charge is 2.33. The van der Waals surface area contributed by atoms with Crippen LogP contribution in [0.4, 0.5) is 4.79 Å². The lowest BCUT2D eigenvalue weighted by atomic mass is 10.0. The minimum Gasteiger partial charge on any atom is -0.444 e. The molecule has 0 aromatic carbocycles. The molecule has 0 bridgehead atoms. The first kappa shape index (κ1) is 15.5. The van der Waals surface area contributed by atoms with Gasteiger partial charge in [-0.2, -0.15) is 0 Å². The molecule has 1 amide bonds. The number of hydrogen-bond donors (Lipinski definition) is 1. The van der Waals surface area contributed by atoms with Gasteiger partial charge in [-0.3, -0.25) is 0 Å². The van der Waals surface area contributed by atoms with E-state index in [0.29, 0.717) is 19.7 Å². The molecule has 6 nitrogen and oxygen atoms in total. The average Bonchev–Trinajstić information content (AvgIpc) is 2.78. The van der Waals surface area contributed by atoms with Crippen molar-refractivity contribution in [2.75, 3.05) is 26.3 Å². The summed E-state index contributed by atoms with van der Waals surface area (Å²) < 4.78 is 16.7. The molecule has 116 valence electrons. The number of carbonyl (C=O) groups excluding carboxylic acids is 1. The maximum Gasteiger partial charge on any atom is 0.410 e. The molecule has 0 unspecified atom stereocenters. The Kier molecular flexibility index (Phi) is 4.88. The van der Waals surface area contributed by atoms with Gasteiger partial charge in [0.2, 0.25) is 0 Å². The molecule has 20 heavy (non-hydrogen) atoms. The summed E-state index contributed by atoms with van der Waals surface area (Å²) in [6.45, 7) is 8.03. The van der Waals surface area contributed by atoms with Crippen LogP contribution in [0.15, 0.2) is 0 Å². The fourth-order valence-corrected chi connectivity index (χ4v) is 2.56. The van der Waals surface area contributed by atoms with E-state index in [2.05, 4.69) is 0 Å². The third kappa shape index (κ3) is 4.61. The van der Waals surface area contributed by atoms with Crippen LogP contribution in [0.2, 0.25) is 0 Å². The topological polar surface area (TPSA) is 74.0 Å². The summed E-state index contributed by atoms with van der Waals surface area (Å²) in [5.41, 5.74) is 5.54. The van der Waals surface area contributed by atoms with Crippen LogP contribution in [0.5, 0.6) is 0 Å². The molecule has 2 aliphatic heterocycles. The summed E-state index contributed by atoms with van der Waals surface area (Å²) in [5.74, 6) is 0. The molecule has 0 aromatic rings. The molecule has 0 saturated carbocycles. The van der Waals surface area contributed by atoms with Gasteiger partial charge in [-0.15, -0.1) is 0 Å². The summed E-state index contributed by atoms with van der Waals surface area (Å²) in [6.07, 6.45) is 1.47. The molecule has 2 aliphatic rings. The Balaban J connectivity index is 1.88. The monoisotopic (exact) mass is 286 g/mol. The number of ether oxygens (including phenoxy) is 3. The highest BCUT2D eigenvalue weighted by Crippen LogP contribution is 2.20.